The van der Waals surface area contributed by atoms with Gasteiger partial charge in [0.15, 0.2) is 0 Å². The van der Waals surface area contributed by atoms with Gasteiger partial charge in [0.1, 0.15) is 5.76 Å². The highest BCUT2D eigenvalue weighted by molar-refractivity contribution is 14.1. The lowest BCUT2D eigenvalue weighted by Crippen LogP contribution is -2.19. The molecule has 0 aromatic heterocycles. The van der Waals surface area contributed by atoms with Crippen LogP contribution in [0.3, 0.4) is 0 Å². The first-order valence-corrected chi connectivity index (χ1v) is 17.5. The van der Waals surface area contributed by atoms with E-state index >= 15 is 0 Å². The SMILES string of the molecule is CC1(C)C2=CC3=NC(=C(c4cc(C(C)(C)C)cc(C(C)(C)C)c4)C4=NC(=C(c5ccc(I)cc5)C5=NC(=CC(=C1O)N2)C=C5)C=C4)C=C3. The molecule has 0 aliphatic carbocycles. The van der Waals surface area contributed by atoms with E-state index in [1.54, 1.807) is 0 Å². The van der Waals surface area contributed by atoms with Crippen LogP contribution in [-0.4, -0.2) is 22.2 Å². The molecule has 0 radical (unpaired) electrons. The number of aliphatic hydroxyl groups excluding tert-OH is 1. The second kappa shape index (κ2) is 11.4. The Kier molecular flexibility index (Phi) is 7.66. The average Bonchev–Trinajstić information content (AvgIpc) is 3.81. The number of benzene rings is 2. The van der Waals surface area contributed by atoms with Gasteiger partial charge in [-0.05, 0) is 130 Å². The molecule has 0 unspecified atom stereocenters. The van der Waals surface area contributed by atoms with Gasteiger partial charge in [-0.3, -0.25) is 0 Å². The summed E-state index contributed by atoms with van der Waals surface area (Å²) in [5.74, 6) is 0.277. The second-order valence-corrected chi connectivity index (χ2v) is 16.7. The van der Waals surface area contributed by atoms with Gasteiger partial charge in [-0.25, -0.2) is 15.0 Å². The van der Waals surface area contributed by atoms with Crippen LogP contribution in [0.25, 0.3) is 11.1 Å². The van der Waals surface area contributed by atoms with Gasteiger partial charge in [0, 0.05) is 20.4 Å². The topological polar surface area (TPSA) is 69.3 Å². The molecule has 5 aliphatic heterocycles. The maximum atomic E-state index is 11.4. The fraction of sp³-hybridized carbons (Fsp3) is 0.262. The summed E-state index contributed by atoms with van der Waals surface area (Å²) in [6.45, 7) is 17.6. The Bertz CT molecular complexity index is 2090. The smallest absolute Gasteiger partial charge is 0.127 e. The van der Waals surface area contributed by atoms with Crippen molar-refractivity contribution in [2.24, 2.45) is 20.4 Å². The number of aliphatic hydroxyl groups is 1. The van der Waals surface area contributed by atoms with Crippen molar-refractivity contribution in [1.82, 2.24) is 5.32 Å². The highest BCUT2D eigenvalue weighted by atomic mass is 127. The summed E-state index contributed by atoms with van der Waals surface area (Å²) in [5, 5.41) is 14.8. The number of nitrogens with one attached hydrogen (secondary N) is 1. The summed E-state index contributed by atoms with van der Waals surface area (Å²) in [5.41, 5.74) is 12.4. The number of rotatable bonds is 2. The van der Waals surface area contributed by atoms with Crippen LogP contribution < -0.4 is 5.32 Å². The molecule has 2 aromatic carbocycles. The molecule has 7 rings (SSSR count). The molecule has 0 saturated heterocycles. The van der Waals surface area contributed by atoms with Gasteiger partial charge in [-0.1, -0.05) is 71.9 Å². The van der Waals surface area contributed by atoms with Gasteiger partial charge in [0.25, 0.3) is 0 Å². The van der Waals surface area contributed by atoms with Crippen molar-refractivity contribution in [3.63, 3.8) is 0 Å². The Hall–Kier alpha value is -4.30. The van der Waals surface area contributed by atoms with Crippen molar-refractivity contribution in [2.75, 3.05) is 0 Å². The molecule has 0 amide bonds. The van der Waals surface area contributed by atoms with Crippen LogP contribution in [0.2, 0.25) is 0 Å². The van der Waals surface area contributed by atoms with Crippen LogP contribution in [0, 0.1) is 8.99 Å². The Labute approximate surface area is 297 Å². The van der Waals surface area contributed by atoms with E-state index in [-0.39, 0.29) is 16.6 Å². The predicted molar refractivity (Wildman–Crippen MR) is 209 cm³/mol. The molecule has 242 valence electrons. The summed E-state index contributed by atoms with van der Waals surface area (Å²) in [7, 11) is 0. The van der Waals surface area contributed by atoms with E-state index in [4.69, 9.17) is 15.0 Å². The molecule has 0 saturated carbocycles. The fourth-order valence-corrected chi connectivity index (χ4v) is 6.75. The number of aliphatic imine (C=N–C) groups is 3. The Balaban J connectivity index is 1.54. The number of nitrogens with zero attached hydrogens (tertiary/aromatic N) is 3. The zero-order valence-corrected chi connectivity index (χ0v) is 31.0. The van der Waals surface area contributed by atoms with Crippen LogP contribution in [0.1, 0.15) is 77.6 Å². The second-order valence-electron chi connectivity index (χ2n) is 15.5. The van der Waals surface area contributed by atoms with Crippen molar-refractivity contribution in [2.45, 2.75) is 66.2 Å². The minimum atomic E-state index is -0.621. The van der Waals surface area contributed by atoms with E-state index < -0.39 is 5.41 Å². The largest absolute Gasteiger partial charge is 0.509 e. The maximum absolute atomic E-state index is 11.4. The monoisotopic (exact) mass is 744 g/mol. The lowest BCUT2D eigenvalue weighted by Gasteiger charge is -2.27. The minimum Gasteiger partial charge on any atom is -0.509 e. The number of halogens is 1. The summed E-state index contributed by atoms with van der Waals surface area (Å²) in [4.78, 5) is 15.6. The van der Waals surface area contributed by atoms with Gasteiger partial charge < -0.3 is 10.4 Å². The third kappa shape index (κ3) is 5.85. The molecule has 5 nitrogen and oxygen atoms in total. The van der Waals surface area contributed by atoms with Crippen molar-refractivity contribution in [1.29, 1.82) is 0 Å². The molecular formula is C42H41IN4O. The summed E-state index contributed by atoms with van der Waals surface area (Å²) < 4.78 is 1.16. The Morgan fingerprint density at radius 1 is 0.667 bits per heavy atom. The van der Waals surface area contributed by atoms with E-state index in [0.29, 0.717) is 5.70 Å². The van der Waals surface area contributed by atoms with E-state index in [0.717, 1.165) is 65.8 Å². The molecular weight excluding hydrogens is 703 g/mol. The van der Waals surface area contributed by atoms with Crippen LogP contribution in [0.15, 0.2) is 140 Å². The average molecular weight is 745 g/mol. The predicted octanol–water partition coefficient (Wildman–Crippen LogP) is 10.2. The number of hydrogen-bond acceptors (Lipinski definition) is 5. The quantitative estimate of drug-likeness (QED) is 0.301. The van der Waals surface area contributed by atoms with Crippen LogP contribution in [0.5, 0.6) is 0 Å². The molecule has 8 bridgehead atoms. The van der Waals surface area contributed by atoms with Gasteiger partial charge >= 0.3 is 0 Å². The van der Waals surface area contributed by atoms with Crippen LogP contribution >= 0.6 is 22.6 Å². The molecule has 0 atom stereocenters. The first-order chi connectivity index (χ1) is 22.6. The van der Waals surface area contributed by atoms with Gasteiger partial charge in [-0.15, -0.1) is 0 Å². The summed E-state index contributed by atoms with van der Waals surface area (Å²) >= 11 is 2.34. The first-order valence-electron chi connectivity index (χ1n) is 16.4. The highest BCUT2D eigenvalue weighted by Crippen LogP contribution is 2.42. The Morgan fingerprint density at radius 2 is 1.25 bits per heavy atom. The molecule has 0 fully saturated rings. The van der Waals surface area contributed by atoms with Crippen LogP contribution in [0.4, 0.5) is 0 Å². The normalized spacial score (nSPS) is 19.9. The fourth-order valence-electron chi connectivity index (χ4n) is 6.39. The zero-order valence-electron chi connectivity index (χ0n) is 28.8. The van der Waals surface area contributed by atoms with Crippen LogP contribution in [-0.2, 0) is 10.8 Å². The van der Waals surface area contributed by atoms with E-state index in [1.165, 1.54) is 11.1 Å². The van der Waals surface area contributed by atoms with Gasteiger partial charge in [0.05, 0.1) is 45.3 Å². The van der Waals surface area contributed by atoms with Crippen molar-refractivity contribution in [3.8, 4) is 0 Å². The van der Waals surface area contributed by atoms with Gasteiger partial charge in [-0.2, -0.15) is 0 Å². The zero-order chi connectivity index (χ0) is 34.2. The maximum Gasteiger partial charge on any atom is 0.127 e. The molecule has 2 aromatic rings. The standard InChI is InChI=1S/C42H41IN4O/c1-40(2,3)26-19-25(20-27(21-26)41(4,5)6)38-32-16-14-30(45-32)23-36-42(7,8)39(48)35(47-36)22-29-13-15-31(44-29)37(33-17-18-34(38)46-33)24-9-11-28(43)12-10-24/h9-23,47-48H,1-8H3. The van der Waals surface area contributed by atoms with E-state index in [1.807, 2.05) is 44.2 Å². The number of hydrogen-bond donors (Lipinski definition) is 2. The van der Waals surface area contributed by atoms with E-state index in [9.17, 15) is 5.11 Å². The lowest BCUT2D eigenvalue weighted by atomic mass is 9.78. The lowest BCUT2D eigenvalue weighted by molar-refractivity contribution is 0.301. The van der Waals surface area contributed by atoms with E-state index in [2.05, 4.69) is 130 Å². The van der Waals surface area contributed by atoms with Gasteiger partial charge in [0.2, 0.25) is 0 Å². The van der Waals surface area contributed by atoms with Crippen molar-refractivity contribution >= 4 is 50.9 Å². The van der Waals surface area contributed by atoms with Crippen molar-refractivity contribution < 1.29 is 5.11 Å². The minimum absolute atomic E-state index is 0.0507. The summed E-state index contributed by atoms with van der Waals surface area (Å²) in [6.07, 6.45) is 16.3. The summed E-state index contributed by atoms with van der Waals surface area (Å²) in [6, 6.07) is 15.5. The molecule has 48 heavy (non-hydrogen) atoms. The first kappa shape index (κ1) is 32.3. The molecule has 5 aliphatic rings. The Morgan fingerprint density at radius 3 is 1.92 bits per heavy atom. The highest BCUT2D eigenvalue weighted by Gasteiger charge is 2.37. The molecule has 6 heteroatoms. The number of allylic oxidation sites excluding steroid dienone is 10. The molecule has 0 spiro atoms. The van der Waals surface area contributed by atoms with Crippen molar-refractivity contribution in [3.05, 3.63) is 151 Å². The molecule has 2 N–H and O–H groups in total. The molecule has 5 heterocycles. The number of fused-ring (bicyclic) bond motifs is 5. The third-order valence-corrected chi connectivity index (χ3v) is 10.2. The third-order valence-electron chi connectivity index (χ3n) is 9.45.